The minimum Gasteiger partial charge on any atom is -0.494 e. The fourth-order valence-corrected chi connectivity index (χ4v) is 2.41. The Bertz CT molecular complexity index is 582. The fraction of sp³-hybridized carbons (Fsp3) is 0.409. The third kappa shape index (κ3) is 6.37. The van der Waals surface area contributed by atoms with E-state index in [0.717, 1.165) is 36.3 Å². The Balaban J connectivity index is 2.06. The van der Waals surface area contributed by atoms with E-state index in [1.165, 1.54) is 0 Å². The second-order valence-electron chi connectivity index (χ2n) is 7.00. The second kappa shape index (κ2) is 8.89. The zero-order valence-corrected chi connectivity index (χ0v) is 15.3. The molecule has 2 heteroatoms. The lowest BCUT2D eigenvalue weighted by atomic mass is 10.00. The normalized spacial score (nSPS) is 12.8. The van der Waals surface area contributed by atoms with Gasteiger partial charge in [-0.2, -0.15) is 0 Å². The van der Waals surface area contributed by atoms with Crippen LogP contribution in [0.1, 0.15) is 57.8 Å². The average molecular weight is 325 g/mol. The van der Waals surface area contributed by atoms with E-state index >= 15 is 0 Å². The van der Waals surface area contributed by atoms with Crippen LogP contribution in [-0.4, -0.2) is 12.2 Å². The molecular weight excluding hydrogens is 296 g/mol. The van der Waals surface area contributed by atoms with Gasteiger partial charge in [-0.05, 0) is 50.5 Å². The molecule has 2 rings (SSSR count). The van der Waals surface area contributed by atoms with E-state index in [1.54, 1.807) is 0 Å². The summed E-state index contributed by atoms with van der Waals surface area (Å²) < 4.78 is 12.0. The molecule has 0 heterocycles. The lowest BCUT2D eigenvalue weighted by Gasteiger charge is -2.28. The smallest absolute Gasteiger partial charge is 0.119 e. The fourth-order valence-electron chi connectivity index (χ4n) is 2.41. The maximum absolute atomic E-state index is 6.25. The van der Waals surface area contributed by atoms with Crippen LogP contribution in [0.5, 0.6) is 5.75 Å². The van der Waals surface area contributed by atoms with Crippen LogP contribution < -0.4 is 4.74 Å². The van der Waals surface area contributed by atoms with Crippen molar-refractivity contribution < 1.29 is 9.47 Å². The molecule has 0 aliphatic rings. The summed E-state index contributed by atoms with van der Waals surface area (Å²) in [5.74, 6) is 0.925. The molecule has 129 valence electrons. The standard InChI is InChI=1S/C22H29O2/c1-5-6-16-23-20-14-12-18(13-15-20)17-21(24-22(2,3)4)19-10-8-7-9-11-19/h7-15,17,21H,5-6,16H2,1-4H3. The molecule has 0 aliphatic heterocycles. The van der Waals surface area contributed by atoms with Gasteiger partial charge >= 0.3 is 0 Å². The molecule has 24 heavy (non-hydrogen) atoms. The van der Waals surface area contributed by atoms with Gasteiger partial charge in [0, 0.05) is 6.42 Å². The van der Waals surface area contributed by atoms with Gasteiger partial charge in [-0.15, -0.1) is 0 Å². The zero-order valence-electron chi connectivity index (χ0n) is 15.3. The molecule has 1 unspecified atom stereocenters. The molecule has 0 N–H and O–H groups in total. The first-order chi connectivity index (χ1) is 11.5. The highest BCUT2D eigenvalue weighted by Crippen LogP contribution is 2.29. The van der Waals surface area contributed by atoms with Crippen LogP contribution in [0.4, 0.5) is 0 Å². The Hall–Kier alpha value is -1.80. The molecule has 1 atom stereocenters. The Kier molecular flexibility index (Phi) is 6.86. The summed E-state index contributed by atoms with van der Waals surface area (Å²) in [5.41, 5.74) is 2.09. The Labute approximate surface area is 146 Å². The van der Waals surface area contributed by atoms with Crippen molar-refractivity contribution in [1.29, 1.82) is 0 Å². The maximum atomic E-state index is 6.25. The van der Waals surface area contributed by atoms with E-state index in [9.17, 15) is 0 Å². The van der Waals surface area contributed by atoms with E-state index in [-0.39, 0.29) is 11.7 Å². The largest absolute Gasteiger partial charge is 0.494 e. The summed E-state index contributed by atoms with van der Waals surface area (Å²) in [6.45, 7) is 9.20. The first-order valence-electron chi connectivity index (χ1n) is 8.78. The van der Waals surface area contributed by atoms with Crippen molar-refractivity contribution in [2.75, 3.05) is 6.61 Å². The SMILES string of the molecule is CCCCOc1ccc([CH]C(OC(C)(C)C)c2ccccc2)cc1. The van der Waals surface area contributed by atoms with Gasteiger partial charge < -0.3 is 9.47 Å². The van der Waals surface area contributed by atoms with E-state index in [1.807, 2.05) is 30.3 Å². The van der Waals surface area contributed by atoms with Crippen molar-refractivity contribution >= 4 is 0 Å². The third-order valence-corrected chi connectivity index (χ3v) is 3.60. The molecule has 1 radical (unpaired) electrons. The number of rotatable bonds is 8. The molecular formula is C22H29O2. The van der Waals surface area contributed by atoms with Crippen LogP contribution >= 0.6 is 0 Å². The lowest BCUT2D eigenvalue weighted by Crippen LogP contribution is -2.23. The van der Waals surface area contributed by atoms with E-state index in [4.69, 9.17) is 9.47 Å². The van der Waals surface area contributed by atoms with Gasteiger partial charge in [0.15, 0.2) is 0 Å². The second-order valence-corrected chi connectivity index (χ2v) is 7.00. The predicted octanol–water partition coefficient (Wildman–Crippen LogP) is 5.97. The number of hydrogen-bond donors (Lipinski definition) is 0. The summed E-state index contributed by atoms with van der Waals surface area (Å²) in [7, 11) is 0. The molecule has 0 saturated heterocycles. The van der Waals surface area contributed by atoms with E-state index in [0.29, 0.717) is 0 Å². The van der Waals surface area contributed by atoms with Crippen molar-refractivity contribution in [2.24, 2.45) is 0 Å². The monoisotopic (exact) mass is 325 g/mol. The van der Waals surface area contributed by atoms with Crippen LogP contribution in [-0.2, 0) is 4.74 Å². The van der Waals surface area contributed by atoms with Crippen molar-refractivity contribution in [1.82, 2.24) is 0 Å². The van der Waals surface area contributed by atoms with Crippen LogP contribution in [0.25, 0.3) is 0 Å². The summed E-state index contributed by atoms with van der Waals surface area (Å²) in [6.07, 6.45) is 4.33. The van der Waals surface area contributed by atoms with Crippen LogP contribution in [0.15, 0.2) is 54.6 Å². The van der Waals surface area contributed by atoms with Gasteiger partial charge in [-0.1, -0.05) is 55.8 Å². The number of benzene rings is 2. The molecule has 0 spiro atoms. The summed E-state index contributed by atoms with van der Waals surface area (Å²) in [4.78, 5) is 0. The van der Waals surface area contributed by atoms with Crippen molar-refractivity contribution in [3.05, 3.63) is 72.1 Å². The molecule has 2 aromatic carbocycles. The number of unbranched alkanes of at least 4 members (excludes halogenated alkanes) is 1. The number of hydrogen-bond acceptors (Lipinski definition) is 2. The van der Waals surface area contributed by atoms with Crippen molar-refractivity contribution in [2.45, 2.75) is 52.2 Å². The van der Waals surface area contributed by atoms with Gasteiger partial charge in [-0.3, -0.25) is 0 Å². The molecule has 0 fully saturated rings. The van der Waals surface area contributed by atoms with E-state index in [2.05, 4.69) is 58.4 Å². The molecule has 0 aliphatic carbocycles. The molecule has 2 nitrogen and oxygen atoms in total. The van der Waals surface area contributed by atoms with Crippen LogP contribution in [0, 0.1) is 6.42 Å². The quantitative estimate of drug-likeness (QED) is 0.556. The van der Waals surface area contributed by atoms with Gasteiger partial charge in [-0.25, -0.2) is 0 Å². The van der Waals surface area contributed by atoms with Crippen molar-refractivity contribution in [3.63, 3.8) is 0 Å². The molecule has 2 aromatic rings. The first-order valence-corrected chi connectivity index (χ1v) is 8.78. The molecule has 0 saturated carbocycles. The first kappa shape index (κ1) is 18.5. The predicted molar refractivity (Wildman–Crippen MR) is 100 cm³/mol. The maximum Gasteiger partial charge on any atom is 0.119 e. The highest BCUT2D eigenvalue weighted by atomic mass is 16.5. The number of ether oxygens (including phenoxy) is 2. The topological polar surface area (TPSA) is 18.5 Å². The molecule has 0 amide bonds. The van der Waals surface area contributed by atoms with E-state index < -0.39 is 0 Å². The minimum absolute atomic E-state index is 0.0712. The van der Waals surface area contributed by atoms with Gasteiger partial charge in [0.05, 0.1) is 18.3 Å². The molecule has 0 bridgehead atoms. The van der Waals surface area contributed by atoms with Crippen LogP contribution in [0.2, 0.25) is 0 Å². The highest BCUT2D eigenvalue weighted by Gasteiger charge is 2.21. The van der Waals surface area contributed by atoms with Gasteiger partial charge in [0.25, 0.3) is 0 Å². The highest BCUT2D eigenvalue weighted by molar-refractivity contribution is 5.34. The Morgan fingerprint density at radius 2 is 1.62 bits per heavy atom. The van der Waals surface area contributed by atoms with Crippen molar-refractivity contribution in [3.8, 4) is 5.75 Å². The zero-order chi connectivity index (χ0) is 17.4. The van der Waals surface area contributed by atoms with Crippen LogP contribution in [0.3, 0.4) is 0 Å². The molecule has 0 aromatic heterocycles. The summed E-state index contributed by atoms with van der Waals surface area (Å²) in [5, 5.41) is 0. The minimum atomic E-state index is -0.208. The van der Waals surface area contributed by atoms with Gasteiger partial charge in [0.1, 0.15) is 5.75 Å². The average Bonchev–Trinajstić information content (AvgIpc) is 2.56. The summed E-state index contributed by atoms with van der Waals surface area (Å²) in [6, 6.07) is 18.6. The lowest BCUT2D eigenvalue weighted by molar-refractivity contribution is -0.0453. The third-order valence-electron chi connectivity index (χ3n) is 3.60. The summed E-state index contributed by atoms with van der Waals surface area (Å²) >= 11 is 0. The van der Waals surface area contributed by atoms with Gasteiger partial charge in [0.2, 0.25) is 0 Å². The Morgan fingerprint density at radius 1 is 0.958 bits per heavy atom. The Morgan fingerprint density at radius 3 is 2.21 bits per heavy atom.